The third-order valence-corrected chi connectivity index (χ3v) is 6.80. The monoisotopic (exact) mass is 457 g/mol. The highest BCUT2D eigenvalue weighted by atomic mass is 19.2. The third kappa shape index (κ3) is 5.42. The van der Waals surface area contributed by atoms with E-state index in [-0.39, 0.29) is 23.6 Å². The Morgan fingerprint density at radius 1 is 1.00 bits per heavy atom. The SMILES string of the molecule is CCN(CC)c1nc(NC2CCC(NC(=O)c3ccc(F)c(F)c3)CC2)nc2c1CCCC2. The number of carbonyl (C=O) groups excluding carboxylic acids is 1. The van der Waals surface area contributed by atoms with E-state index in [1.807, 2.05) is 0 Å². The molecule has 1 amide bonds. The Labute approximate surface area is 194 Å². The summed E-state index contributed by atoms with van der Waals surface area (Å²) in [6.45, 7) is 6.15. The Morgan fingerprint density at radius 3 is 2.39 bits per heavy atom. The summed E-state index contributed by atoms with van der Waals surface area (Å²) in [7, 11) is 0. The summed E-state index contributed by atoms with van der Waals surface area (Å²) in [6, 6.07) is 3.49. The van der Waals surface area contributed by atoms with E-state index in [9.17, 15) is 13.6 Å². The Kier molecular flexibility index (Phi) is 7.40. The van der Waals surface area contributed by atoms with Gasteiger partial charge in [-0.2, -0.15) is 4.98 Å². The molecule has 0 radical (unpaired) electrons. The van der Waals surface area contributed by atoms with Crippen LogP contribution in [-0.2, 0) is 12.8 Å². The number of hydrogen-bond acceptors (Lipinski definition) is 5. The van der Waals surface area contributed by atoms with Crippen molar-refractivity contribution in [3.63, 3.8) is 0 Å². The summed E-state index contributed by atoms with van der Waals surface area (Å²) in [6.07, 6.45) is 7.78. The molecule has 1 aromatic heterocycles. The summed E-state index contributed by atoms with van der Waals surface area (Å²) >= 11 is 0. The predicted octanol–water partition coefficient (Wildman–Crippen LogP) is 4.63. The van der Waals surface area contributed by atoms with Crippen molar-refractivity contribution in [2.75, 3.05) is 23.3 Å². The van der Waals surface area contributed by atoms with Crippen LogP contribution in [0.25, 0.3) is 0 Å². The Bertz CT molecular complexity index is 987. The van der Waals surface area contributed by atoms with Gasteiger partial charge in [0.1, 0.15) is 5.82 Å². The zero-order valence-corrected chi connectivity index (χ0v) is 19.5. The molecule has 1 heterocycles. The van der Waals surface area contributed by atoms with Crippen LogP contribution in [0.15, 0.2) is 18.2 Å². The molecular weight excluding hydrogens is 424 g/mol. The van der Waals surface area contributed by atoms with Crippen LogP contribution in [0.4, 0.5) is 20.5 Å². The molecule has 1 fully saturated rings. The zero-order chi connectivity index (χ0) is 23.4. The molecule has 1 saturated carbocycles. The minimum Gasteiger partial charge on any atom is -0.357 e. The number of amides is 1. The number of anilines is 2. The molecule has 0 atom stereocenters. The molecule has 4 rings (SSSR count). The van der Waals surface area contributed by atoms with Crippen LogP contribution in [0.5, 0.6) is 0 Å². The predicted molar refractivity (Wildman–Crippen MR) is 126 cm³/mol. The van der Waals surface area contributed by atoms with E-state index in [1.165, 1.54) is 30.2 Å². The minimum absolute atomic E-state index is 0.0133. The molecule has 0 saturated heterocycles. The van der Waals surface area contributed by atoms with Gasteiger partial charge < -0.3 is 15.5 Å². The number of fused-ring (bicyclic) bond motifs is 1. The Morgan fingerprint density at radius 2 is 1.70 bits per heavy atom. The Balaban J connectivity index is 1.37. The van der Waals surface area contributed by atoms with E-state index >= 15 is 0 Å². The number of aryl methyl sites for hydroxylation is 1. The fraction of sp³-hybridized carbons (Fsp3) is 0.560. The van der Waals surface area contributed by atoms with Gasteiger partial charge >= 0.3 is 0 Å². The lowest BCUT2D eigenvalue weighted by Crippen LogP contribution is -2.40. The van der Waals surface area contributed by atoms with Gasteiger partial charge in [0.25, 0.3) is 5.91 Å². The number of hydrogen-bond donors (Lipinski definition) is 2. The molecule has 0 spiro atoms. The largest absolute Gasteiger partial charge is 0.357 e. The zero-order valence-electron chi connectivity index (χ0n) is 19.5. The molecular formula is C25H33F2N5O. The van der Waals surface area contributed by atoms with Gasteiger partial charge in [-0.05, 0) is 83.4 Å². The van der Waals surface area contributed by atoms with Crippen molar-refractivity contribution in [2.24, 2.45) is 0 Å². The van der Waals surface area contributed by atoms with E-state index in [2.05, 4.69) is 29.4 Å². The van der Waals surface area contributed by atoms with Gasteiger partial charge in [0.2, 0.25) is 5.95 Å². The van der Waals surface area contributed by atoms with Gasteiger partial charge in [-0.1, -0.05) is 0 Å². The second-order valence-electron chi connectivity index (χ2n) is 8.97. The van der Waals surface area contributed by atoms with E-state index < -0.39 is 11.6 Å². The van der Waals surface area contributed by atoms with Crippen LogP contribution in [0.2, 0.25) is 0 Å². The minimum atomic E-state index is -1.01. The fourth-order valence-electron chi connectivity index (χ4n) is 4.89. The molecule has 6 nitrogen and oxygen atoms in total. The van der Waals surface area contributed by atoms with Gasteiger partial charge in [0.05, 0.1) is 5.69 Å². The van der Waals surface area contributed by atoms with E-state index in [0.29, 0.717) is 5.95 Å². The number of halogens is 2. The molecule has 1 aromatic carbocycles. The maximum Gasteiger partial charge on any atom is 0.251 e. The average molecular weight is 458 g/mol. The highest BCUT2D eigenvalue weighted by Crippen LogP contribution is 2.30. The molecule has 0 unspecified atom stereocenters. The lowest BCUT2D eigenvalue weighted by Gasteiger charge is -2.31. The number of rotatable bonds is 7. The number of nitrogens with zero attached hydrogens (tertiary/aromatic N) is 3. The molecule has 178 valence electrons. The summed E-state index contributed by atoms with van der Waals surface area (Å²) in [4.78, 5) is 24.5. The van der Waals surface area contributed by atoms with Crippen molar-refractivity contribution in [2.45, 2.75) is 77.3 Å². The first-order chi connectivity index (χ1) is 16.0. The van der Waals surface area contributed by atoms with Crippen LogP contribution in [-0.4, -0.2) is 41.0 Å². The van der Waals surface area contributed by atoms with Crippen LogP contribution in [0.3, 0.4) is 0 Å². The van der Waals surface area contributed by atoms with Crippen molar-refractivity contribution >= 4 is 17.7 Å². The van der Waals surface area contributed by atoms with E-state index in [4.69, 9.17) is 9.97 Å². The molecule has 8 heteroatoms. The maximum atomic E-state index is 13.4. The summed E-state index contributed by atoms with van der Waals surface area (Å²) in [5.41, 5.74) is 2.62. The van der Waals surface area contributed by atoms with Crippen molar-refractivity contribution < 1.29 is 13.6 Å². The molecule has 0 bridgehead atoms. The van der Waals surface area contributed by atoms with Gasteiger partial charge in [-0.3, -0.25) is 4.79 Å². The van der Waals surface area contributed by atoms with Crippen LogP contribution >= 0.6 is 0 Å². The highest BCUT2D eigenvalue weighted by Gasteiger charge is 2.25. The lowest BCUT2D eigenvalue weighted by molar-refractivity contribution is 0.0926. The number of carbonyl (C=O) groups is 1. The first kappa shape index (κ1) is 23.4. The topological polar surface area (TPSA) is 70.2 Å². The molecule has 2 aliphatic rings. The van der Waals surface area contributed by atoms with Crippen molar-refractivity contribution in [3.05, 3.63) is 46.7 Å². The highest BCUT2D eigenvalue weighted by molar-refractivity contribution is 5.94. The van der Waals surface area contributed by atoms with Crippen LogP contribution < -0.4 is 15.5 Å². The lowest BCUT2D eigenvalue weighted by atomic mass is 9.91. The first-order valence-electron chi connectivity index (χ1n) is 12.2. The summed E-state index contributed by atoms with van der Waals surface area (Å²) in [5, 5.41) is 6.49. The standard InChI is InChI=1S/C25H33F2N5O/c1-3-32(4-2)23-19-7-5-6-8-22(19)30-25(31-23)29-18-12-10-17(11-13-18)28-24(33)16-9-14-20(26)21(27)15-16/h9,14-15,17-18H,3-8,10-13H2,1-2H3,(H,28,33)(H,29,30,31). The first-order valence-corrected chi connectivity index (χ1v) is 12.2. The third-order valence-electron chi connectivity index (χ3n) is 6.80. The number of aromatic nitrogens is 2. The smallest absolute Gasteiger partial charge is 0.251 e. The van der Waals surface area contributed by atoms with Crippen molar-refractivity contribution in [1.29, 1.82) is 0 Å². The van der Waals surface area contributed by atoms with E-state index in [1.54, 1.807) is 0 Å². The normalized spacial score (nSPS) is 20.1. The number of nitrogens with one attached hydrogen (secondary N) is 2. The average Bonchev–Trinajstić information content (AvgIpc) is 2.83. The van der Waals surface area contributed by atoms with E-state index in [0.717, 1.165) is 69.6 Å². The molecule has 2 N–H and O–H groups in total. The summed E-state index contributed by atoms with van der Waals surface area (Å²) in [5.74, 6) is -0.560. The molecule has 0 aliphatic heterocycles. The Hall–Kier alpha value is -2.77. The quantitative estimate of drug-likeness (QED) is 0.634. The van der Waals surface area contributed by atoms with Crippen LogP contribution in [0, 0.1) is 11.6 Å². The van der Waals surface area contributed by atoms with Crippen molar-refractivity contribution in [1.82, 2.24) is 15.3 Å². The van der Waals surface area contributed by atoms with Gasteiger partial charge in [0.15, 0.2) is 11.6 Å². The molecule has 2 aliphatic carbocycles. The maximum absolute atomic E-state index is 13.4. The molecule has 2 aromatic rings. The van der Waals surface area contributed by atoms with Gasteiger partial charge in [-0.15, -0.1) is 0 Å². The van der Waals surface area contributed by atoms with Crippen molar-refractivity contribution in [3.8, 4) is 0 Å². The molecule has 33 heavy (non-hydrogen) atoms. The van der Waals surface area contributed by atoms with Gasteiger partial charge in [0, 0.05) is 36.3 Å². The van der Waals surface area contributed by atoms with Gasteiger partial charge in [-0.25, -0.2) is 13.8 Å². The second kappa shape index (κ2) is 10.4. The fourth-order valence-corrected chi connectivity index (χ4v) is 4.89. The van der Waals surface area contributed by atoms with Crippen LogP contribution in [0.1, 0.15) is 74.0 Å². The second-order valence-corrected chi connectivity index (χ2v) is 8.97. The number of benzene rings is 1. The summed E-state index contributed by atoms with van der Waals surface area (Å²) < 4.78 is 26.5.